The maximum atomic E-state index is 13.0. The summed E-state index contributed by atoms with van der Waals surface area (Å²) in [5, 5.41) is 9.41. The fourth-order valence-corrected chi connectivity index (χ4v) is 6.24. The lowest BCUT2D eigenvalue weighted by atomic mass is 9.81. The molecule has 2 aromatic carbocycles. The molecular formula is C29H31ClN2O4S. The molecule has 37 heavy (non-hydrogen) atoms. The van der Waals surface area contributed by atoms with E-state index in [0.29, 0.717) is 30.7 Å². The number of pyridine rings is 1. The third-order valence-electron chi connectivity index (χ3n) is 6.77. The molecular weight excluding hydrogens is 508 g/mol. The summed E-state index contributed by atoms with van der Waals surface area (Å²) in [6.07, 6.45) is 12.0. The first-order chi connectivity index (χ1) is 17.7. The number of hydrogen-bond acceptors (Lipinski definition) is 4. The fourth-order valence-electron chi connectivity index (χ4n) is 4.85. The number of allylic oxidation sites excluding steroid dienone is 1. The summed E-state index contributed by atoms with van der Waals surface area (Å²) in [6, 6.07) is 12.2. The molecule has 194 valence electrons. The van der Waals surface area contributed by atoms with E-state index in [1.165, 1.54) is 28.8 Å². The van der Waals surface area contributed by atoms with Crippen LogP contribution in [0.4, 0.5) is 0 Å². The monoisotopic (exact) mass is 538 g/mol. The first-order valence-corrected chi connectivity index (χ1v) is 14.3. The van der Waals surface area contributed by atoms with Crippen LogP contribution >= 0.6 is 11.6 Å². The van der Waals surface area contributed by atoms with Crippen LogP contribution in [0.3, 0.4) is 0 Å². The normalized spacial score (nSPS) is 15.6. The van der Waals surface area contributed by atoms with Gasteiger partial charge in [-0.15, -0.1) is 0 Å². The van der Waals surface area contributed by atoms with Crippen LogP contribution in [-0.4, -0.2) is 30.5 Å². The number of unbranched alkanes of at least 4 members (excludes halogenated alkanes) is 1. The minimum atomic E-state index is -3.66. The topological polar surface area (TPSA) is 96.4 Å². The van der Waals surface area contributed by atoms with Crippen LogP contribution < -0.4 is 4.72 Å². The van der Waals surface area contributed by atoms with Crippen LogP contribution in [0.5, 0.6) is 0 Å². The number of nitrogens with zero attached hydrogens (tertiary/aromatic N) is 1. The van der Waals surface area contributed by atoms with Crippen molar-refractivity contribution >= 4 is 33.7 Å². The highest BCUT2D eigenvalue weighted by Gasteiger charge is 2.27. The summed E-state index contributed by atoms with van der Waals surface area (Å²) < 4.78 is 28.9. The Labute approximate surface area is 223 Å². The van der Waals surface area contributed by atoms with E-state index in [0.717, 1.165) is 29.5 Å². The number of carboxylic acids is 1. The fraction of sp³-hybridized carbons (Fsp3) is 0.310. The predicted octanol–water partition coefficient (Wildman–Crippen LogP) is 5.74. The van der Waals surface area contributed by atoms with Crippen molar-refractivity contribution in [2.45, 2.75) is 62.8 Å². The molecule has 0 saturated heterocycles. The number of hydrogen-bond donors (Lipinski definition) is 2. The number of nitrogens with one attached hydrogen (secondary N) is 1. The third kappa shape index (κ3) is 7.06. The first kappa shape index (κ1) is 27.0. The van der Waals surface area contributed by atoms with Gasteiger partial charge in [0.1, 0.15) is 0 Å². The number of aliphatic carboxylic acids is 1. The van der Waals surface area contributed by atoms with Gasteiger partial charge < -0.3 is 5.11 Å². The van der Waals surface area contributed by atoms with Crippen molar-refractivity contribution < 1.29 is 18.3 Å². The van der Waals surface area contributed by atoms with E-state index < -0.39 is 16.0 Å². The number of benzene rings is 2. The van der Waals surface area contributed by atoms with Crippen molar-refractivity contribution in [1.29, 1.82) is 0 Å². The molecule has 0 radical (unpaired) electrons. The number of sulfonamides is 1. The molecule has 0 amide bonds. The number of carbonyl (C=O) groups is 1. The van der Waals surface area contributed by atoms with Crippen LogP contribution in [0.2, 0.25) is 5.02 Å². The summed E-state index contributed by atoms with van der Waals surface area (Å²) in [5.41, 5.74) is 7.02. The Balaban J connectivity index is 1.61. The average molecular weight is 539 g/mol. The van der Waals surface area contributed by atoms with Crippen LogP contribution in [-0.2, 0) is 34.1 Å². The van der Waals surface area contributed by atoms with Gasteiger partial charge in [-0.3, -0.25) is 9.78 Å². The Morgan fingerprint density at radius 1 is 1.24 bits per heavy atom. The molecule has 1 aromatic heterocycles. The van der Waals surface area contributed by atoms with Crippen molar-refractivity contribution in [3.63, 3.8) is 0 Å². The van der Waals surface area contributed by atoms with E-state index in [1.54, 1.807) is 18.3 Å². The molecule has 8 heteroatoms. The Kier molecular flexibility index (Phi) is 8.79. The van der Waals surface area contributed by atoms with Gasteiger partial charge in [0.25, 0.3) is 0 Å². The number of carboxylic acid groups (broad SMARTS) is 1. The molecule has 2 N–H and O–H groups in total. The van der Waals surface area contributed by atoms with Gasteiger partial charge in [0, 0.05) is 29.9 Å². The highest BCUT2D eigenvalue weighted by molar-refractivity contribution is 7.89. The number of fused-ring (bicyclic) bond motifs is 1. The van der Waals surface area contributed by atoms with Crippen molar-refractivity contribution in [1.82, 2.24) is 9.71 Å². The van der Waals surface area contributed by atoms with Gasteiger partial charge in [-0.05, 0) is 109 Å². The van der Waals surface area contributed by atoms with E-state index in [4.69, 9.17) is 16.7 Å². The van der Waals surface area contributed by atoms with E-state index in [-0.39, 0.29) is 17.4 Å². The van der Waals surface area contributed by atoms with Crippen LogP contribution in [0.1, 0.15) is 59.1 Å². The Hall–Kier alpha value is -3.00. The Morgan fingerprint density at radius 3 is 2.73 bits per heavy atom. The van der Waals surface area contributed by atoms with E-state index in [1.807, 2.05) is 12.3 Å². The molecule has 1 atom stereocenters. The van der Waals surface area contributed by atoms with Crippen LogP contribution in [0.25, 0.3) is 6.08 Å². The standard InChI is InChI=1S/C29H31ClN2O4S/c1-20-22(16-21-6-5-15-31-19-21)17-23-18-25(32-37(35,36)26-12-9-24(30)10-13-26)11-14-28(23)27(20)7-3-2-4-8-29(33)34/h3,5-7,9-10,12-13,15,17,19,25,32H,2,4,8,11,14,16,18H2,1H3,(H,33,34)/b7-3-. The van der Waals surface area contributed by atoms with E-state index in [2.05, 4.69) is 40.9 Å². The zero-order valence-corrected chi connectivity index (χ0v) is 22.4. The summed E-state index contributed by atoms with van der Waals surface area (Å²) in [7, 11) is -3.66. The molecule has 6 nitrogen and oxygen atoms in total. The second kappa shape index (κ2) is 12.0. The summed E-state index contributed by atoms with van der Waals surface area (Å²) in [4.78, 5) is 15.3. The van der Waals surface area contributed by atoms with Crippen molar-refractivity contribution in [3.05, 3.63) is 99.3 Å². The lowest BCUT2D eigenvalue weighted by Crippen LogP contribution is -2.39. The maximum Gasteiger partial charge on any atom is 0.303 e. The highest BCUT2D eigenvalue weighted by atomic mass is 35.5. The Bertz CT molecular complexity index is 1390. The van der Waals surface area contributed by atoms with Gasteiger partial charge in [0.05, 0.1) is 4.90 Å². The molecule has 0 fully saturated rings. The molecule has 0 aliphatic heterocycles. The predicted molar refractivity (Wildman–Crippen MR) is 146 cm³/mol. The summed E-state index contributed by atoms with van der Waals surface area (Å²) in [5.74, 6) is -0.785. The molecule has 0 spiro atoms. The molecule has 1 unspecified atom stereocenters. The number of halogens is 1. The molecule has 1 aliphatic rings. The van der Waals surface area contributed by atoms with Gasteiger partial charge in [0.2, 0.25) is 10.0 Å². The van der Waals surface area contributed by atoms with Gasteiger partial charge in [-0.2, -0.15) is 0 Å². The minimum Gasteiger partial charge on any atom is -0.481 e. The summed E-state index contributed by atoms with van der Waals surface area (Å²) in [6.45, 7) is 2.12. The summed E-state index contributed by atoms with van der Waals surface area (Å²) >= 11 is 5.93. The zero-order valence-electron chi connectivity index (χ0n) is 20.8. The first-order valence-electron chi connectivity index (χ1n) is 12.4. The minimum absolute atomic E-state index is 0.151. The van der Waals surface area contributed by atoms with Crippen molar-refractivity contribution in [2.24, 2.45) is 0 Å². The maximum absolute atomic E-state index is 13.0. The van der Waals surface area contributed by atoms with Gasteiger partial charge >= 0.3 is 5.97 Å². The SMILES string of the molecule is Cc1c(Cc2cccnc2)cc2c(c1/C=C\CCCC(=O)O)CCC(NS(=O)(=O)c1ccc(Cl)cc1)C2. The Morgan fingerprint density at radius 2 is 2.03 bits per heavy atom. The smallest absolute Gasteiger partial charge is 0.303 e. The van der Waals surface area contributed by atoms with Gasteiger partial charge in [0.15, 0.2) is 0 Å². The molecule has 0 saturated carbocycles. The number of rotatable bonds is 10. The van der Waals surface area contributed by atoms with Crippen LogP contribution in [0, 0.1) is 6.92 Å². The molecule has 3 aromatic rings. The zero-order chi connectivity index (χ0) is 26.4. The van der Waals surface area contributed by atoms with Crippen molar-refractivity contribution in [3.8, 4) is 0 Å². The second-order valence-corrected chi connectivity index (χ2v) is 11.6. The second-order valence-electron chi connectivity index (χ2n) is 9.45. The average Bonchev–Trinajstić information content (AvgIpc) is 2.86. The lowest BCUT2D eigenvalue weighted by Gasteiger charge is -2.29. The van der Waals surface area contributed by atoms with Crippen molar-refractivity contribution in [2.75, 3.05) is 0 Å². The van der Waals surface area contributed by atoms with E-state index in [9.17, 15) is 13.2 Å². The highest BCUT2D eigenvalue weighted by Crippen LogP contribution is 2.32. The number of aromatic nitrogens is 1. The van der Waals surface area contributed by atoms with Gasteiger partial charge in [-0.1, -0.05) is 35.9 Å². The lowest BCUT2D eigenvalue weighted by molar-refractivity contribution is -0.137. The quantitative estimate of drug-likeness (QED) is 0.321. The van der Waals surface area contributed by atoms with Crippen LogP contribution in [0.15, 0.2) is 65.8 Å². The largest absolute Gasteiger partial charge is 0.481 e. The molecule has 1 aliphatic carbocycles. The molecule has 4 rings (SSSR count). The van der Waals surface area contributed by atoms with Gasteiger partial charge in [-0.25, -0.2) is 13.1 Å². The third-order valence-corrected chi connectivity index (χ3v) is 8.55. The molecule has 1 heterocycles. The molecule has 0 bridgehead atoms. The van der Waals surface area contributed by atoms with E-state index >= 15 is 0 Å².